The summed E-state index contributed by atoms with van der Waals surface area (Å²) in [7, 11) is 0. The Labute approximate surface area is 81.9 Å². The van der Waals surface area contributed by atoms with E-state index in [0.29, 0.717) is 0 Å². The molecule has 2 aliphatic rings. The van der Waals surface area contributed by atoms with Gasteiger partial charge < -0.3 is 0 Å². The highest BCUT2D eigenvalue weighted by molar-refractivity contribution is 5.23. The first-order chi connectivity index (χ1) is 6.77. The van der Waals surface area contributed by atoms with Crippen molar-refractivity contribution >= 4 is 0 Å². The Morgan fingerprint density at radius 3 is 2.50 bits per heavy atom. The van der Waals surface area contributed by atoms with E-state index >= 15 is 0 Å². The third-order valence-corrected chi connectivity index (χ3v) is 3.06. The van der Waals surface area contributed by atoms with Crippen molar-refractivity contribution in [1.82, 2.24) is 0 Å². The van der Waals surface area contributed by atoms with E-state index in [1.165, 1.54) is 25.0 Å². The van der Waals surface area contributed by atoms with E-state index in [4.69, 9.17) is 0 Å². The number of hydrogen-bond acceptors (Lipinski definition) is 2. The molecule has 14 heavy (non-hydrogen) atoms. The monoisotopic (exact) mass is 190 g/mol. The highest BCUT2D eigenvalue weighted by Crippen LogP contribution is 2.52. The number of azo groups is 1. The summed E-state index contributed by atoms with van der Waals surface area (Å²) in [4.78, 5) is 0. The first-order valence-electron chi connectivity index (χ1n) is 4.95. The first kappa shape index (κ1) is 8.09. The zero-order valence-electron chi connectivity index (χ0n) is 7.78. The molecule has 0 N–H and O–H groups in total. The zero-order valence-corrected chi connectivity index (χ0v) is 7.78. The van der Waals surface area contributed by atoms with E-state index in [-0.39, 0.29) is 17.4 Å². The molecule has 1 aromatic rings. The minimum atomic E-state index is -0.190. The third kappa shape index (κ3) is 1.24. The van der Waals surface area contributed by atoms with Crippen molar-refractivity contribution in [3.63, 3.8) is 0 Å². The molecule has 1 atom stereocenters. The summed E-state index contributed by atoms with van der Waals surface area (Å²) in [6.45, 7) is 0. The van der Waals surface area contributed by atoms with Crippen molar-refractivity contribution in [2.45, 2.75) is 30.8 Å². The van der Waals surface area contributed by atoms with E-state index in [9.17, 15) is 4.39 Å². The lowest BCUT2D eigenvalue weighted by molar-refractivity contribution is 0.614. The van der Waals surface area contributed by atoms with Gasteiger partial charge in [-0.1, -0.05) is 12.1 Å². The molecule has 2 nitrogen and oxygen atoms in total. The van der Waals surface area contributed by atoms with Gasteiger partial charge in [0.2, 0.25) is 0 Å². The molecule has 0 aromatic heterocycles. The Kier molecular flexibility index (Phi) is 1.52. The SMILES string of the molecule is Fc1ccc(C2CC3(CC3)N=N2)cc1. The van der Waals surface area contributed by atoms with Crippen LogP contribution >= 0.6 is 0 Å². The molecular formula is C11H11FN2. The van der Waals surface area contributed by atoms with Gasteiger partial charge in [-0.05, 0) is 30.5 Å². The average molecular weight is 190 g/mol. The predicted octanol–water partition coefficient (Wildman–Crippen LogP) is 3.26. The molecule has 3 heteroatoms. The van der Waals surface area contributed by atoms with Gasteiger partial charge in [0.15, 0.2) is 0 Å². The Hall–Kier alpha value is -1.25. The summed E-state index contributed by atoms with van der Waals surface area (Å²) >= 11 is 0. The number of halogens is 1. The molecule has 0 amide bonds. The summed E-state index contributed by atoms with van der Waals surface area (Å²) < 4.78 is 12.7. The predicted molar refractivity (Wildman–Crippen MR) is 50.6 cm³/mol. The summed E-state index contributed by atoms with van der Waals surface area (Å²) in [5, 5.41) is 8.54. The quantitative estimate of drug-likeness (QED) is 0.649. The minimum absolute atomic E-state index is 0.165. The number of benzene rings is 1. The lowest BCUT2D eigenvalue weighted by Crippen LogP contribution is -2.02. The molecule has 1 fully saturated rings. The van der Waals surface area contributed by atoms with Crippen molar-refractivity contribution < 1.29 is 4.39 Å². The largest absolute Gasteiger partial charge is 0.207 e. The highest BCUT2D eigenvalue weighted by Gasteiger charge is 2.48. The van der Waals surface area contributed by atoms with Crippen molar-refractivity contribution in [2.75, 3.05) is 0 Å². The molecule has 0 radical (unpaired) electrons. The van der Waals surface area contributed by atoms with Crippen LogP contribution in [0.4, 0.5) is 4.39 Å². The molecule has 72 valence electrons. The molecule has 0 bridgehead atoms. The van der Waals surface area contributed by atoms with Gasteiger partial charge in [0, 0.05) is 6.42 Å². The Morgan fingerprint density at radius 2 is 1.93 bits per heavy atom. The van der Waals surface area contributed by atoms with Crippen molar-refractivity contribution in [3.05, 3.63) is 35.6 Å². The third-order valence-electron chi connectivity index (χ3n) is 3.06. The standard InChI is InChI=1S/C11H11FN2/c12-9-3-1-8(2-4-9)10-7-11(5-6-11)14-13-10/h1-4,10H,5-7H2. The second-order valence-electron chi connectivity index (χ2n) is 4.21. The van der Waals surface area contributed by atoms with Gasteiger partial charge in [-0.25, -0.2) is 4.39 Å². The molecular weight excluding hydrogens is 179 g/mol. The van der Waals surface area contributed by atoms with Gasteiger partial charge in [-0.15, -0.1) is 0 Å². The molecule has 0 saturated heterocycles. The van der Waals surface area contributed by atoms with Gasteiger partial charge in [-0.3, -0.25) is 0 Å². The van der Waals surface area contributed by atoms with Crippen molar-refractivity contribution in [3.8, 4) is 0 Å². The van der Waals surface area contributed by atoms with Crippen LogP contribution in [-0.4, -0.2) is 5.54 Å². The Balaban J connectivity index is 1.83. The fourth-order valence-corrected chi connectivity index (χ4v) is 1.95. The van der Waals surface area contributed by atoms with Gasteiger partial charge in [0.1, 0.15) is 5.82 Å². The lowest BCUT2D eigenvalue weighted by Gasteiger charge is -2.06. The number of nitrogens with zero attached hydrogens (tertiary/aromatic N) is 2. The molecule has 1 aliphatic heterocycles. The van der Waals surface area contributed by atoms with Gasteiger partial charge >= 0.3 is 0 Å². The topological polar surface area (TPSA) is 24.7 Å². The molecule has 1 aliphatic carbocycles. The summed E-state index contributed by atoms with van der Waals surface area (Å²) in [5.41, 5.74) is 1.26. The average Bonchev–Trinajstić information content (AvgIpc) is 2.79. The van der Waals surface area contributed by atoms with Gasteiger partial charge in [0.05, 0.1) is 11.6 Å². The van der Waals surface area contributed by atoms with Crippen LogP contribution in [0, 0.1) is 5.82 Å². The normalized spacial score (nSPS) is 27.1. The summed E-state index contributed by atoms with van der Waals surface area (Å²) in [6.07, 6.45) is 3.36. The Bertz CT molecular complexity index is 379. The molecule has 1 heterocycles. The fourth-order valence-electron chi connectivity index (χ4n) is 1.95. The molecule has 3 rings (SSSR count). The second-order valence-corrected chi connectivity index (χ2v) is 4.21. The van der Waals surface area contributed by atoms with Crippen LogP contribution in [0.2, 0.25) is 0 Å². The molecule has 1 spiro atoms. The summed E-state index contributed by atoms with van der Waals surface area (Å²) in [5.74, 6) is -0.190. The van der Waals surface area contributed by atoms with E-state index < -0.39 is 0 Å². The van der Waals surface area contributed by atoms with Crippen LogP contribution in [0.1, 0.15) is 30.9 Å². The maximum Gasteiger partial charge on any atom is 0.123 e. The van der Waals surface area contributed by atoms with Crippen LogP contribution in [-0.2, 0) is 0 Å². The fraction of sp³-hybridized carbons (Fsp3) is 0.455. The lowest BCUT2D eigenvalue weighted by atomic mass is 10.0. The first-order valence-corrected chi connectivity index (χ1v) is 4.95. The van der Waals surface area contributed by atoms with Crippen LogP contribution in [0.5, 0.6) is 0 Å². The maximum absolute atomic E-state index is 12.7. The zero-order chi connectivity index (χ0) is 9.60. The van der Waals surface area contributed by atoms with E-state index in [0.717, 1.165) is 12.0 Å². The van der Waals surface area contributed by atoms with Crippen LogP contribution in [0.15, 0.2) is 34.5 Å². The summed E-state index contributed by atoms with van der Waals surface area (Å²) in [6, 6.07) is 6.75. The number of hydrogen-bond donors (Lipinski definition) is 0. The minimum Gasteiger partial charge on any atom is -0.207 e. The smallest absolute Gasteiger partial charge is 0.123 e. The highest BCUT2D eigenvalue weighted by atomic mass is 19.1. The van der Waals surface area contributed by atoms with Crippen molar-refractivity contribution in [1.29, 1.82) is 0 Å². The molecule has 1 unspecified atom stereocenters. The second kappa shape index (κ2) is 2.62. The maximum atomic E-state index is 12.7. The van der Waals surface area contributed by atoms with E-state index in [1.54, 1.807) is 12.1 Å². The number of rotatable bonds is 1. The van der Waals surface area contributed by atoms with E-state index in [1.807, 2.05) is 0 Å². The molecule has 1 saturated carbocycles. The van der Waals surface area contributed by atoms with Crippen LogP contribution in [0.25, 0.3) is 0 Å². The van der Waals surface area contributed by atoms with Crippen molar-refractivity contribution in [2.24, 2.45) is 10.2 Å². The van der Waals surface area contributed by atoms with E-state index in [2.05, 4.69) is 10.2 Å². The Morgan fingerprint density at radius 1 is 1.21 bits per heavy atom. The van der Waals surface area contributed by atoms with Crippen LogP contribution < -0.4 is 0 Å². The van der Waals surface area contributed by atoms with Crippen LogP contribution in [0.3, 0.4) is 0 Å². The van der Waals surface area contributed by atoms with Gasteiger partial charge in [0.25, 0.3) is 0 Å². The molecule has 1 aromatic carbocycles. The van der Waals surface area contributed by atoms with Gasteiger partial charge in [-0.2, -0.15) is 10.2 Å².